The Hall–Kier alpha value is -2.15. The maximum atomic E-state index is 12.4. The van der Waals surface area contributed by atoms with E-state index in [4.69, 9.17) is 0 Å². The fourth-order valence-corrected chi connectivity index (χ4v) is 2.56. The third-order valence-corrected chi connectivity index (χ3v) is 4.73. The molecule has 0 amide bonds. The number of nitro groups is 1. The zero-order valence-corrected chi connectivity index (χ0v) is 18.7. The van der Waals surface area contributed by atoms with Crippen molar-refractivity contribution in [2.75, 3.05) is 31.5 Å². The quantitative estimate of drug-likeness (QED) is 0.256. The van der Waals surface area contributed by atoms with Crippen LogP contribution in [0.25, 0.3) is 0 Å². The Morgan fingerprint density at radius 1 is 1.23 bits per heavy atom. The largest absolute Gasteiger partial charge is 0.534 e. The molecule has 0 spiro atoms. The molecule has 1 heterocycles. The monoisotopic (exact) mass is 458 g/mol. The van der Waals surface area contributed by atoms with E-state index in [1.54, 1.807) is 13.8 Å². The molecule has 0 unspecified atom stereocenters. The summed E-state index contributed by atoms with van der Waals surface area (Å²) in [5.74, 6) is -1.16. The van der Waals surface area contributed by atoms with Gasteiger partial charge in [-0.25, -0.2) is 4.98 Å². The van der Waals surface area contributed by atoms with E-state index in [1.807, 2.05) is 0 Å². The van der Waals surface area contributed by atoms with Gasteiger partial charge < -0.3 is 14.4 Å². The summed E-state index contributed by atoms with van der Waals surface area (Å²) in [6, 6.07) is 1.22. The number of aromatic nitrogens is 1. The Morgan fingerprint density at radius 2 is 1.73 bits per heavy atom. The molecule has 174 valence electrons. The molecule has 0 aromatic carbocycles. The van der Waals surface area contributed by atoms with E-state index in [9.17, 15) is 31.7 Å². The first-order valence-electron chi connectivity index (χ1n) is 9.33. The predicted molar refractivity (Wildman–Crippen MR) is 108 cm³/mol. The van der Waals surface area contributed by atoms with Crippen LogP contribution < -0.4 is 9.50 Å². The number of halogens is 3. The molecular formula is C17H29F3N4O5S. The van der Waals surface area contributed by atoms with Gasteiger partial charge in [-0.05, 0) is 38.5 Å². The highest BCUT2D eigenvalue weighted by atomic mass is 32.2. The summed E-state index contributed by atoms with van der Waals surface area (Å²) in [5, 5.41) is 13.8. The minimum absolute atomic E-state index is 0.0502. The number of hydrogen-bond acceptors (Lipinski definition) is 8. The summed E-state index contributed by atoms with van der Waals surface area (Å²) in [4.78, 5) is 15.8. The summed E-state index contributed by atoms with van der Waals surface area (Å²) < 4.78 is 63.1. The molecule has 1 aromatic heterocycles. The lowest BCUT2D eigenvalue weighted by Crippen LogP contribution is -2.28. The van der Waals surface area contributed by atoms with Crippen LogP contribution in [0.2, 0.25) is 0 Å². The SMILES string of the molecule is CCN(CC)CC.Cc1cc(NCC(C)C)c([N+](=O)[O-])c(OS(=O)(=O)C(F)(F)F)n1. The van der Waals surface area contributed by atoms with Gasteiger partial charge in [-0.15, -0.1) is 0 Å². The van der Waals surface area contributed by atoms with Gasteiger partial charge in [0.25, 0.3) is 0 Å². The fourth-order valence-electron chi connectivity index (χ4n) is 2.14. The van der Waals surface area contributed by atoms with Crippen molar-refractivity contribution in [2.45, 2.75) is 47.1 Å². The van der Waals surface area contributed by atoms with Gasteiger partial charge in [0, 0.05) is 12.2 Å². The van der Waals surface area contributed by atoms with Crippen molar-refractivity contribution in [1.29, 1.82) is 0 Å². The van der Waals surface area contributed by atoms with Crippen LogP contribution in [0.3, 0.4) is 0 Å². The normalized spacial score (nSPS) is 11.8. The Labute approximate surface area is 174 Å². The van der Waals surface area contributed by atoms with Crippen LogP contribution in [0.15, 0.2) is 6.07 Å². The molecule has 0 bridgehead atoms. The van der Waals surface area contributed by atoms with Gasteiger partial charge in [0.05, 0.1) is 4.92 Å². The van der Waals surface area contributed by atoms with Crippen molar-refractivity contribution >= 4 is 21.5 Å². The highest BCUT2D eigenvalue weighted by Gasteiger charge is 2.50. The number of pyridine rings is 1. The average molecular weight is 459 g/mol. The lowest BCUT2D eigenvalue weighted by atomic mass is 10.2. The Bertz CT molecular complexity index is 792. The van der Waals surface area contributed by atoms with E-state index in [0.29, 0.717) is 0 Å². The standard InChI is InChI=1S/C11H14F3N3O5S.C6H15N/c1-6(2)5-15-8-4-7(3)16-10(9(8)17(18)19)22-23(20,21)11(12,13)14;1-4-7(5-2)6-3/h4,6H,5H2,1-3H3,(H,15,16);4-6H2,1-3H3. The van der Waals surface area contributed by atoms with Gasteiger partial charge in [0.15, 0.2) is 0 Å². The molecule has 1 rings (SSSR count). The second-order valence-corrected chi connectivity index (χ2v) is 8.14. The number of hydrogen-bond donors (Lipinski definition) is 1. The van der Waals surface area contributed by atoms with E-state index >= 15 is 0 Å². The smallest absolute Gasteiger partial charge is 0.379 e. The maximum Gasteiger partial charge on any atom is 0.534 e. The highest BCUT2D eigenvalue weighted by Crippen LogP contribution is 2.37. The molecule has 0 aliphatic rings. The molecule has 13 heteroatoms. The van der Waals surface area contributed by atoms with Gasteiger partial charge in [0.1, 0.15) is 5.69 Å². The summed E-state index contributed by atoms with van der Waals surface area (Å²) in [6.07, 6.45) is 0. The van der Waals surface area contributed by atoms with Crippen molar-refractivity contribution in [3.05, 3.63) is 21.9 Å². The van der Waals surface area contributed by atoms with Gasteiger partial charge in [-0.3, -0.25) is 10.1 Å². The van der Waals surface area contributed by atoms with E-state index in [1.165, 1.54) is 32.6 Å². The van der Waals surface area contributed by atoms with E-state index in [-0.39, 0.29) is 23.8 Å². The molecule has 0 aliphatic heterocycles. The number of rotatable bonds is 9. The van der Waals surface area contributed by atoms with Crippen LogP contribution in [0, 0.1) is 23.0 Å². The van der Waals surface area contributed by atoms with Crippen LogP contribution in [0.1, 0.15) is 40.3 Å². The summed E-state index contributed by atoms with van der Waals surface area (Å²) in [6.45, 7) is 15.3. The second-order valence-electron chi connectivity index (χ2n) is 6.60. The number of alkyl halides is 3. The predicted octanol–water partition coefficient (Wildman–Crippen LogP) is 3.94. The van der Waals surface area contributed by atoms with Crippen molar-refractivity contribution < 1.29 is 30.7 Å². The first-order chi connectivity index (χ1) is 13.7. The van der Waals surface area contributed by atoms with Gasteiger partial charge in [-0.1, -0.05) is 34.6 Å². The molecule has 0 saturated heterocycles. The van der Waals surface area contributed by atoms with Gasteiger partial charge in [-0.2, -0.15) is 21.6 Å². The van der Waals surface area contributed by atoms with Crippen LogP contribution in [0.5, 0.6) is 5.88 Å². The molecule has 9 nitrogen and oxygen atoms in total. The summed E-state index contributed by atoms with van der Waals surface area (Å²) in [5.41, 5.74) is -6.83. The number of anilines is 1. The van der Waals surface area contributed by atoms with Gasteiger partial charge in [0.2, 0.25) is 0 Å². The molecule has 0 radical (unpaired) electrons. The van der Waals surface area contributed by atoms with Crippen molar-refractivity contribution in [3.63, 3.8) is 0 Å². The fraction of sp³-hybridized carbons (Fsp3) is 0.706. The topological polar surface area (TPSA) is 115 Å². The lowest BCUT2D eigenvalue weighted by Gasteiger charge is -2.13. The second kappa shape index (κ2) is 11.9. The Balaban J connectivity index is 0.00000103. The Kier molecular flexibility index (Phi) is 11.0. The van der Waals surface area contributed by atoms with Crippen LogP contribution in [0.4, 0.5) is 24.5 Å². The molecular weight excluding hydrogens is 429 g/mol. The van der Waals surface area contributed by atoms with Crippen molar-refractivity contribution in [1.82, 2.24) is 9.88 Å². The number of nitrogens with zero attached hydrogens (tertiary/aromatic N) is 3. The number of aryl methyl sites for hydroxylation is 1. The molecule has 30 heavy (non-hydrogen) atoms. The van der Waals surface area contributed by atoms with Crippen LogP contribution in [-0.4, -0.2) is 54.9 Å². The van der Waals surface area contributed by atoms with Crippen molar-refractivity contribution in [2.24, 2.45) is 5.92 Å². The highest BCUT2D eigenvalue weighted by molar-refractivity contribution is 7.88. The minimum atomic E-state index is -6.07. The van der Waals surface area contributed by atoms with E-state index in [2.05, 4.69) is 40.2 Å². The zero-order chi connectivity index (χ0) is 23.7. The summed E-state index contributed by atoms with van der Waals surface area (Å²) >= 11 is 0. The first kappa shape index (κ1) is 27.8. The molecule has 0 saturated carbocycles. The first-order valence-corrected chi connectivity index (χ1v) is 10.7. The van der Waals surface area contributed by atoms with Crippen LogP contribution in [-0.2, 0) is 10.1 Å². The third-order valence-electron chi connectivity index (χ3n) is 3.79. The molecule has 1 N–H and O–H groups in total. The average Bonchev–Trinajstić information content (AvgIpc) is 2.60. The minimum Gasteiger partial charge on any atom is -0.379 e. The van der Waals surface area contributed by atoms with Crippen LogP contribution >= 0.6 is 0 Å². The Morgan fingerprint density at radius 3 is 2.07 bits per heavy atom. The molecule has 0 atom stereocenters. The van der Waals surface area contributed by atoms with E-state index < -0.39 is 32.1 Å². The van der Waals surface area contributed by atoms with Gasteiger partial charge >= 0.3 is 27.2 Å². The lowest BCUT2D eigenvalue weighted by molar-refractivity contribution is -0.384. The van der Waals surface area contributed by atoms with Crippen molar-refractivity contribution in [3.8, 4) is 5.88 Å². The third kappa shape index (κ3) is 8.69. The number of nitrogens with one attached hydrogen (secondary N) is 1. The molecule has 0 fully saturated rings. The zero-order valence-electron chi connectivity index (χ0n) is 17.9. The maximum absolute atomic E-state index is 12.4. The molecule has 1 aromatic rings. The summed E-state index contributed by atoms with van der Waals surface area (Å²) in [7, 11) is -6.07. The molecule has 0 aliphatic carbocycles. The van der Waals surface area contributed by atoms with E-state index in [0.717, 1.165) is 0 Å².